The van der Waals surface area contributed by atoms with Crippen molar-refractivity contribution in [1.29, 1.82) is 0 Å². The first-order valence-corrected chi connectivity index (χ1v) is 21.8. The highest BCUT2D eigenvalue weighted by molar-refractivity contribution is 7.94. The maximum absolute atomic E-state index is 12.8. The summed E-state index contributed by atoms with van der Waals surface area (Å²) >= 11 is 0.953. The van der Waals surface area contributed by atoms with Crippen LogP contribution in [-0.2, 0) is 19.1 Å². The van der Waals surface area contributed by atoms with E-state index in [1.54, 1.807) is 0 Å². The summed E-state index contributed by atoms with van der Waals surface area (Å²) in [6.07, 6.45) is 31.2. The number of unbranched alkanes of at least 4 members (excludes halogenated alkanes) is 18. The highest BCUT2D eigenvalue weighted by Crippen LogP contribution is 2.20. The molecule has 2 N–H and O–H groups in total. The molecule has 49 heavy (non-hydrogen) atoms. The molecule has 0 spiro atoms. The third kappa shape index (κ3) is 34.0. The van der Waals surface area contributed by atoms with E-state index >= 15 is 0 Å². The van der Waals surface area contributed by atoms with E-state index in [2.05, 4.69) is 25.7 Å². The number of aliphatic hydroxyl groups excluding tert-OH is 1. The van der Waals surface area contributed by atoms with Crippen molar-refractivity contribution in [2.24, 2.45) is 0 Å². The summed E-state index contributed by atoms with van der Waals surface area (Å²) in [6, 6.07) is 0. The minimum absolute atomic E-state index is 0.0347. The molecule has 0 saturated carbocycles. The smallest absolute Gasteiger partial charge is 0.306 e. The number of nitrogens with zero attached hydrogens (tertiary/aromatic N) is 1. The number of aliphatic hydroxyl groups is 1. The van der Waals surface area contributed by atoms with Crippen LogP contribution in [0.25, 0.3) is 0 Å². The molecule has 0 aromatic carbocycles. The van der Waals surface area contributed by atoms with E-state index in [-0.39, 0.29) is 29.9 Å². The molecule has 0 amide bonds. The van der Waals surface area contributed by atoms with Gasteiger partial charge in [-0.15, -0.1) is 0 Å². The second kappa shape index (κ2) is 38.4. The summed E-state index contributed by atoms with van der Waals surface area (Å²) in [7, 11) is 0. The average Bonchev–Trinajstić information content (AvgIpc) is 3.10. The fraction of sp³-hybridized carbons (Fsp3) is 0.951. The van der Waals surface area contributed by atoms with Gasteiger partial charge in [0, 0.05) is 37.8 Å². The Morgan fingerprint density at radius 1 is 0.571 bits per heavy atom. The van der Waals surface area contributed by atoms with Crippen LogP contribution in [0.3, 0.4) is 0 Å². The van der Waals surface area contributed by atoms with Crippen LogP contribution in [0.15, 0.2) is 0 Å². The molecule has 0 rings (SSSR count). The zero-order valence-corrected chi connectivity index (χ0v) is 33.4. The normalized spacial score (nSPS) is 12.2. The molecule has 0 aromatic rings. The van der Waals surface area contributed by atoms with Crippen molar-refractivity contribution in [3.63, 3.8) is 0 Å². The molecule has 0 heterocycles. The lowest BCUT2D eigenvalue weighted by Gasteiger charge is -2.26. The summed E-state index contributed by atoms with van der Waals surface area (Å²) in [5, 5.41) is 9.54. The molecule has 0 fully saturated rings. The van der Waals surface area contributed by atoms with Crippen molar-refractivity contribution in [3.8, 4) is 0 Å². The molecule has 0 radical (unpaired) electrons. The van der Waals surface area contributed by atoms with Gasteiger partial charge in [-0.25, -0.2) is 0 Å². The highest BCUT2D eigenvalue weighted by Gasteiger charge is 2.16. The van der Waals surface area contributed by atoms with Gasteiger partial charge in [0.2, 0.25) is 0 Å². The molecule has 7 nitrogen and oxygen atoms in total. The molecule has 0 aliphatic heterocycles. The van der Waals surface area contributed by atoms with Crippen molar-refractivity contribution < 1.29 is 28.7 Å². The van der Waals surface area contributed by atoms with Gasteiger partial charge in [-0.1, -0.05) is 130 Å². The van der Waals surface area contributed by atoms with E-state index in [1.165, 1.54) is 64.2 Å². The lowest BCUT2D eigenvalue weighted by atomic mass is 10.0. The first-order valence-electron chi connectivity index (χ1n) is 21.0. The Morgan fingerprint density at radius 2 is 1.04 bits per heavy atom. The van der Waals surface area contributed by atoms with Gasteiger partial charge < -0.3 is 24.0 Å². The summed E-state index contributed by atoms with van der Waals surface area (Å²) in [6.45, 7) is 9.98. The van der Waals surface area contributed by atoms with E-state index in [0.29, 0.717) is 19.4 Å². The van der Waals surface area contributed by atoms with Gasteiger partial charge in [-0.2, -0.15) is 0 Å². The van der Waals surface area contributed by atoms with Gasteiger partial charge in [0.05, 0.1) is 6.61 Å². The highest BCUT2D eigenvalue weighted by atomic mass is 32.2. The number of esters is 2. The van der Waals surface area contributed by atoms with Gasteiger partial charge in [0.15, 0.2) is 0 Å². The van der Waals surface area contributed by atoms with Crippen molar-refractivity contribution in [1.82, 2.24) is 4.90 Å². The van der Waals surface area contributed by atoms with E-state index < -0.39 is 0 Å². The third-order valence-corrected chi connectivity index (χ3v) is 10.3. The van der Waals surface area contributed by atoms with Crippen LogP contribution in [0, 0.1) is 0 Å². The zero-order valence-electron chi connectivity index (χ0n) is 32.6. The van der Waals surface area contributed by atoms with Crippen molar-refractivity contribution in [2.75, 3.05) is 32.8 Å². The van der Waals surface area contributed by atoms with E-state index in [0.717, 1.165) is 141 Å². The molecular weight excluding hydrogens is 635 g/mol. The van der Waals surface area contributed by atoms with Crippen LogP contribution in [0.2, 0.25) is 0 Å². The van der Waals surface area contributed by atoms with Gasteiger partial charge >= 0.3 is 11.9 Å². The Balaban J connectivity index is 4.33. The first kappa shape index (κ1) is 48.2. The minimum atomic E-state index is -0.0648. The number of carbonyl (C=O) groups excluding carboxylic acids is 2. The topological polar surface area (TPSA) is 96.3 Å². The lowest BCUT2D eigenvalue weighted by molar-refractivity contribution is -0.150. The zero-order chi connectivity index (χ0) is 36.0. The van der Waals surface area contributed by atoms with E-state index in [4.69, 9.17) is 9.47 Å². The number of rotatable bonds is 39. The van der Waals surface area contributed by atoms with Crippen LogP contribution in [0.5, 0.6) is 0 Å². The summed E-state index contributed by atoms with van der Waals surface area (Å²) in [5.74, 6) is -0.0995. The van der Waals surface area contributed by atoms with Gasteiger partial charge in [-0.3, -0.25) is 9.59 Å². The van der Waals surface area contributed by atoms with Gasteiger partial charge in [0.25, 0.3) is 0 Å². The minimum Gasteiger partial charge on any atom is -0.466 e. The Labute approximate surface area is 308 Å². The Bertz CT molecular complexity index is 695. The predicted octanol–water partition coefficient (Wildman–Crippen LogP) is 11.7. The molecule has 0 aliphatic carbocycles. The Morgan fingerprint density at radius 3 is 1.63 bits per heavy atom. The van der Waals surface area contributed by atoms with Crippen LogP contribution in [0.1, 0.15) is 207 Å². The Kier molecular flexibility index (Phi) is 37.8. The van der Waals surface area contributed by atoms with E-state index in [9.17, 15) is 19.2 Å². The molecule has 0 bridgehead atoms. The molecule has 1 unspecified atom stereocenters. The molecule has 0 aliphatic rings. The molecule has 8 heteroatoms. The largest absolute Gasteiger partial charge is 0.466 e. The van der Waals surface area contributed by atoms with Crippen LogP contribution >= 0.6 is 12.0 Å². The first-order chi connectivity index (χ1) is 24.0. The van der Waals surface area contributed by atoms with Crippen LogP contribution in [-0.4, -0.2) is 70.7 Å². The number of hydrogen-bond acceptors (Lipinski definition) is 8. The van der Waals surface area contributed by atoms with E-state index in [1.807, 2.05) is 0 Å². The predicted molar refractivity (Wildman–Crippen MR) is 209 cm³/mol. The maximum Gasteiger partial charge on any atom is 0.306 e. The average molecular weight is 716 g/mol. The summed E-state index contributed by atoms with van der Waals surface area (Å²) in [4.78, 5) is 27.0. The second-order valence-corrected chi connectivity index (χ2v) is 15.3. The second-order valence-electron chi connectivity index (χ2n) is 14.4. The number of ether oxygens (including phenoxy) is 2. The summed E-state index contributed by atoms with van der Waals surface area (Å²) < 4.78 is 21.3. The lowest BCUT2D eigenvalue weighted by Crippen LogP contribution is -2.33. The molecule has 292 valence electrons. The molecule has 1 atom stereocenters. The van der Waals surface area contributed by atoms with Crippen LogP contribution < -0.4 is 0 Å². The van der Waals surface area contributed by atoms with Crippen molar-refractivity contribution in [2.45, 2.75) is 218 Å². The monoisotopic (exact) mass is 716 g/mol. The standard InChI is InChI=1S/C41H81NO6S/c1-4-7-10-12-15-20-28-38(29-21-16-13-11-8-5-2)48-41(45)32-24-19-22-30-39(49-46)37-42(34-27-35-43)33-25-18-14-17-23-31-40(44)47-36-26-9-6-3/h38-39,43,46H,4-37H2,1-3H3. The maximum atomic E-state index is 12.8. The number of carbonyl (C=O) groups is 2. The molecule has 0 aromatic heterocycles. The van der Waals surface area contributed by atoms with Gasteiger partial charge in [0.1, 0.15) is 6.10 Å². The van der Waals surface area contributed by atoms with Gasteiger partial charge in [-0.05, 0) is 82.8 Å². The number of hydrogen-bond donors (Lipinski definition) is 2. The third-order valence-electron chi connectivity index (χ3n) is 9.57. The summed E-state index contributed by atoms with van der Waals surface area (Å²) in [5.41, 5.74) is 0. The van der Waals surface area contributed by atoms with Crippen molar-refractivity contribution >= 4 is 24.0 Å². The molecular formula is C41H81NO6S. The quantitative estimate of drug-likeness (QED) is 0.0369. The van der Waals surface area contributed by atoms with Crippen LogP contribution in [0.4, 0.5) is 0 Å². The Hall–Kier alpha value is -0.830. The fourth-order valence-corrected chi connectivity index (χ4v) is 6.98. The fourth-order valence-electron chi connectivity index (χ4n) is 6.43. The van der Waals surface area contributed by atoms with Crippen molar-refractivity contribution in [3.05, 3.63) is 0 Å². The SMILES string of the molecule is CCCCCCCCC(CCCCCCCC)OC(=O)CCCCCC(CN(CCCO)CCCCCCCC(=O)OCCCCC)SO. The molecule has 0 saturated heterocycles.